The number of aliphatic imine (C=N–C) groups is 1. The molecular weight excluding hydrogens is 571 g/mol. The molecule has 1 amide bonds. The van der Waals surface area contributed by atoms with Gasteiger partial charge in [0.25, 0.3) is 5.91 Å². The molecule has 202 valence electrons. The van der Waals surface area contributed by atoms with Crippen LogP contribution in [0.1, 0.15) is 28.4 Å². The normalized spacial score (nSPS) is 11.9. The Morgan fingerprint density at radius 1 is 0.925 bits per heavy atom. The Balaban J connectivity index is 1.48. The second kappa shape index (κ2) is 13.3. The lowest BCUT2D eigenvalue weighted by Crippen LogP contribution is -2.36. The number of hydrogen-bond acceptors (Lipinski definition) is 6. The van der Waals surface area contributed by atoms with Gasteiger partial charge in [-0.25, -0.2) is 9.78 Å². The van der Waals surface area contributed by atoms with Crippen LogP contribution in [0.5, 0.6) is 5.88 Å². The van der Waals surface area contributed by atoms with E-state index in [9.17, 15) is 9.59 Å². The smallest absolute Gasteiger partial charge is 0.344 e. The summed E-state index contributed by atoms with van der Waals surface area (Å²) < 4.78 is 5.35. The van der Waals surface area contributed by atoms with E-state index >= 15 is 0 Å². The van der Waals surface area contributed by atoms with Crippen LogP contribution in [0.3, 0.4) is 0 Å². The van der Waals surface area contributed by atoms with Gasteiger partial charge in [0.05, 0.1) is 22.0 Å². The van der Waals surface area contributed by atoms with Gasteiger partial charge in [-0.1, -0.05) is 72.1 Å². The molecule has 0 spiro atoms. The molecule has 1 unspecified atom stereocenters. The number of amides is 1. The molecule has 0 saturated heterocycles. The van der Waals surface area contributed by atoms with Gasteiger partial charge >= 0.3 is 5.97 Å². The SMILES string of the molecule is CC(C(=N)C(=O)NCc1ccnc(OC(=O)c2ccccc2)c1)C(=Nc1ccc(Cl)cc1Cl)c1ccc(Cl)cc1. The van der Waals surface area contributed by atoms with E-state index in [1.54, 1.807) is 91.9 Å². The van der Waals surface area contributed by atoms with E-state index in [-0.39, 0.29) is 18.1 Å². The maximum atomic E-state index is 13.0. The zero-order chi connectivity index (χ0) is 28.6. The first-order chi connectivity index (χ1) is 19.2. The summed E-state index contributed by atoms with van der Waals surface area (Å²) in [6.07, 6.45) is 1.48. The second-order valence-electron chi connectivity index (χ2n) is 8.68. The Morgan fingerprint density at radius 2 is 1.62 bits per heavy atom. The first-order valence-corrected chi connectivity index (χ1v) is 13.2. The van der Waals surface area contributed by atoms with Crippen LogP contribution in [0.4, 0.5) is 5.69 Å². The standard InChI is InChI=1S/C30H23Cl3N4O3/c1-18(28(20-7-9-22(31)10-8-20)37-25-12-11-23(32)16-24(25)33)27(34)29(38)36-17-19-13-14-35-26(15-19)40-30(39)21-5-3-2-4-6-21/h2-16,18,34H,17H2,1H3,(H,36,38). The lowest BCUT2D eigenvalue weighted by atomic mass is 9.93. The average molecular weight is 594 g/mol. The van der Waals surface area contributed by atoms with Crippen LogP contribution in [0.2, 0.25) is 15.1 Å². The van der Waals surface area contributed by atoms with Crippen molar-refractivity contribution < 1.29 is 14.3 Å². The number of carbonyl (C=O) groups is 2. The number of nitrogens with one attached hydrogen (secondary N) is 2. The van der Waals surface area contributed by atoms with Crippen molar-refractivity contribution in [3.63, 3.8) is 0 Å². The molecule has 0 aliphatic carbocycles. The first kappa shape index (κ1) is 29.0. The van der Waals surface area contributed by atoms with Gasteiger partial charge in [-0.15, -0.1) is 0 Å². The summed E-state index contributed by atoms with van der Waals surface area (Å²) in [4.78, 5) is 34.1. The van der Waals surface area contributed by atoms with Gasteiger partial charge in [-0.2, -0.15) is 0 Å². The molecule has 0 bridgehead atoms. The molecule has 0 saturated carbocycles. The van der Waals surface area contributed by atoms with Crippen molar-refractivity contribution in [2.75, 3.05) is 0 Å². The van der Waals surface area contributed by atoms with Gasteiger partial charge in [0, 0.05) is 34.8 Å². The first-order valence-electron chi connectivity index (χ1n) is 12.1. The predicted molar refractivity (Wildman–Crippen MR) is 158 cm³/mol. The number of hydrogen-bond donors (Lipinski definition) is 2. The fourth-order valence-corrected chi connectivity index (χ4v) is 4.27. The van der Waals surface area contributed by atoms with E-state index in [1.165, 1.54) is 6.20 Å². The highest BCUT2D eigenvalue weighted by Crippen LogP contribution is 2.30. The molecule has 3 aromatic carbocycles. The molecule has 7 nitrogen and oxygen atoms in total. The van der Waals surface area contributed by atoms with E-state index in [4.69, 9.17) is 49.9 Å². The minimum Gasteiger partial charge on any atom is -0.404 e. The van der Waals surface area contributed by atoms with E-state index in [0.29, 0.717) is 43.2 Å². The molecule has 0 fully saturated rings. The quantitative estimate of drug-likeness (QED) is 0.156. The summed E-state index contributed by atoms with van der Waals surface area (Å²) in [5.41, 5.74) is 2.41. The highest BCUT2D eigenvalue weighted by Gasteiger charge is 2.24. The number of rotatable bonds is 9. The van der Waals surface area contributed by atoms with Crippen molar-refractivity contribution in [3.05, 3.63) is 123 Å². The monoisotopic (exact) mass is 592 g/mol. The van der Waals surface area contributed by atoms with Gasteiger partial charge in [-0.05, 0) is 59.7 Å². The Hall–Kier alpha value is -4.04. The molecule has 4 aromatic rings. The van der Waals surface area contributed by atoms with Gasteiger partial charge in [0.2, 0.25) is 5.88 Å². The van der Waals surface area contributed by atoms with Gasteiger partial charge in [0.15, 0.2) is 0 Å². The molecule has 2 N–H and O–H groups in total. The summed E-state index contributed by atoms with van der Waals surface area (Å²) in [6.45, 7) is 1.80. The predicted octanol–water partition coefficient (Wildman–Crippen LogP) is 7.35. The summed E-state index contributed by atoms with van der Waals surface area (Å²) in [5, 5.41) is 12.7. The largest absolute Gasteiger partial charge is 0.404 e. The van der Waals surface area contributed by atoms with Crippen molar-refractivity contribution in [1.82, 2.24) is 10.3 Å². The summed E-state index contributed by atoms with van der Waals surface area (Å²) in [7, 11) is 0. The average Bonchev–Trinajstić information content (AvgIpc) is 2.96. The van der Waals surface area contributed by atoms with Crippen molar-refractivity contribution in [2.24, 2.45) is 10.9 Å². The number of ether oxygens (including phenoxy) is 1. The van der Waals surface area contributed by atoms with Gasteiger partial charge < -0.3 is 10.1 Å². The van der Waals surface area contributed by atoms with Crippen molar-refractivity contribution in [1.29, 1.82) is 5.41 Å². The second-order valence-corrected chi connectivity index (χ2v) is 9.96. The van der Waals surface area contributed by atoms with E-state index < -0.39 is 17.8 Å². The zero-order valence-electron chi connectivity index (χ0n) is 21.2. The molecule has 40 heavy (non-hydrogen) atoms. The molecular formula is C30H23Cl3N4O3. The van der Waals surface area contributed by atoms with Crippen LogP contribution in [-0.4, -0.2) is 28.3 Å². The molecule has 10 heteroatoms. The summed E-state index contributed by atoms with van der Waals surface area (Å²) in [6, 6.07) is 23.6. The van der Waals surface area contributed by atoms with Gasteiger partial charge in [0.1, 0.15) is 5.71 Å². The van der Waals surface area contributed by atoms with Crippen molar-refractivity contribution in [3.8, 4) is 5.88 Å². The Labute approximate surface area is 246 Å². The molecule has 0 aliphatic rings. The molecule has 1 aromatic heterocycles. The molecule has 0 radical (unpaired) electrons. The van der Waals surface area contributed by atoms with Crippen LogP contribution >= 0.6 is 34.8 Å². The Kier molecular flexibility index (Phi) is 9.66. The number of nitrogens with zero attached hydrogens (tertiary/aromatic N) is 2. The Bertz CT molecular complexity index is 1580. The third kappa shape index (κ3) is 7.54. The molecule has 4 rings (SSSR count). The highest BCUT2D eigenvalue weighted by molar-refractivity contribution is 6.43. The molecule has 1 heterocycles. The number of pyridine rings is 1. The van der Waals surface area contributed by atoms with Crippen molar-refractivity contribution in [2.45, 2.75) is 13.5 Å². The molecule has 1 atom stereocenters. The topological polar surface area (TPSA) is 105 Å². The number of halogens is 3. The fraction of sp³-hybridized carbons (Fsp3) is 0.100. The lowest BCUT2D eigenvalue weighted by molar-refractivity contribution is -0.115. The van der Waals surface area contributed by atoms with Crippen LogP contribution < -0.4 is 10.1 Å². The number of aromatic nitrogens is 1. The maximum absolute atomic E-state index is 13.0. The summed E-state index contributed by atoms with van der Waals surface area (Å²) >= 11 is 18.4. The fourth-order valence-electron chi connectivity index (χ4n) is 3.69. The lowest BCUT2D eigenvalue weighted by Gasteiger charge is -2.17. The van der Waals surface area contributed by atoms with Crippen LogP contribution in [0.15, 0.2) is 96.1 Å². The van der Waals surface area contributed by atoms with E-state index in [2.05, 4.69) is 10.3 Å². The molecule has 0 aliphatic heterocycles. The minimum atomic E-state index is -0.701. The van der Waals surface area contributed by atoms with Crippen LogP contribution in [-0.2, 0) is 11.3 Å². The highest BCUT2D eigenvalue weighted by atomic mass is 35.5. The third-order valence-electron chi connectivity index (χ3n) is 5.84. The number of carbonyl (C=O) groups excluding carboxylic acids is 2. The number of esters is 1. The zero-order valence-corrected chi connectivity index (χ0v) is 23.5. The van der Waals surface area contributed by atoms with Crippen LogP contribution in [0.25, 0.3) is 0 Å². The van der Waals surface area contributed by atoms with E-state index in [1.807, 2.05) is 0 Å². The Morgan fingerprint density at radius 3 is 2.33 bits per heavy atom. The van der Waals surface area contributed by atoms with Crippen LogP contribution in [0, 0.1) is 11.3 Å². The van der Waals surface area contributed by atoms with E-state index in [0.717, 1.165) is 0 Å². The van der Waals surface area contributed by atoms with Gasteiger partial charge in [-0.3, -0.25) is 15.2 Å². The maximum Gasteiger partial charge on any atom is 0.344 e. The minimum absolute atomic E-state index is 0.0861. The summed E-state index contributed by atoms with van der Waals surface area (Å²) in [5.74, 6) is -1.73. The number of benzene rings is 3. The third-order valence-corrected chi connectivity index (χ3v) is 6.63. The van der Waals surface area contributed by atoms with Crippen molar-refractivity contribution >= 4 is 63.8 Å².